The van der Waals surface area contributed by atoms with Gasteiger partial charge in [0, 0.05) is 29.1 Å². The van der Waals surface area contributed by atoms with Crippen molar-refractivity contribution in [1.29, 1.82) is 0 Å². The average molecular weight is 316 g/mol. The lowest BCUT2D eigenvalue weighted by molar-refractivity contribution is -0.140. The number of benzene rings is 1. The van der Waals surface area contributed by atoms with Crippen molar-refractivity contribution in [2.24, 2.45) is 0 Å². The van der Waals surface area contributed by atoms with Crippen molar-refractivity contribution >= 4 is 41.2 Å². The maximum atomic E-state index is 11.5. The fourth-order valence-electron chi connectivity index (χ4n) is 1.41. The van der Waals surface area contributed by atoms with Crippen LogP contribution in [0.1, 0.15) is 18.4 Å². The monoisotopic (exact) mass is 315 g/mol. The van der Waals surface area contributed by atoms with Crippen LogP contribution in [0.4, 0.5) is 0 Å². The lowest BCUT2D eigenvalue weighted by atomic mass is 10.2. The highest BCUT2D eigenvalue weighted by Gasteiger charge is 2.01. The molecule has 1 aromatic carbocycles. The van der Waals surface area contributed by atoms with Crippen LogP contribution in [0.3, 0.4) is 0 Å². The van der Waals surface area contributed by atoms with Crippen molar-refractivity contribution in [2.45, 2.75) is 12.8 Å². The van der Waals surface area contributed by atoms with Crippen LogP contribution >= 0.6 is 23.2 Å². The van der Waals surface area contributed by atoms with Gasteiger partial charge < -0.3 is 10.1 Å². The van der Waals surface area contributed by atoms with Crippen molar-refractivity contribution in [2.75, 3.05) is 13.7 Å². The third-order valence-corrected chi connectivity index (χ3v) is 3.04. The highest BCUT2D eigenvalue weighted by Crippen LogP contribution is 2.21. The first-order valence-electron chi connectivity index (χ1n) is 6.00. The van der Waals surface area contributed by atoms with Crippen molar-refractivity contribution in [1.82, 2.24) is 5.32 Å². The third-order valence-electron chi connectivity index (χ3n) is 2.46. The number of hydrogen-bond acceptors (Lipinski definition) is 3. The zero-order valence-corrected chi connectivity index (χ0v) is 12.5. The number of amides is 1. The highest BCUT2D eigenvalue weighted by atomic mass is 35.5. The van der Waals surface area contributed by atoms with E-state index >= 15 is 0 Å². The first-order valence-corrected chi connectivity index (χ1v) is 6.76. The molecule has 0 aliphatic heterocycles. The van der Waals surface area contributed by atoms with Crippen molar-refractivity contribution < 1.29 is 14.3 Å². The van der Waals surface area contributed by atoms with E-state index < -0.39 is 0 Å². The highest BCUT2D eigenvalue weighted by molar-refractivity contribution is 6.34. The molecule has 0 aromatic heterocycles. The molecule has 0 unspecified atom stereocenters. The molecule has 20 heavy (non-hydrogen) atoms. The minimum Gasteiger partial charge on any atom is -0.469 e. The molecule has 0 aliphatic carbocycles. The van der Waals surface area contributed by atoms with E-state index in [4.69, 9.17) is 23.2 Å². The van der Waals surface area contributed by atoms with Gasteiger partial charge in [0.1, 0.15) is 0 Å². The summed E-state index contributed by atoms with van der Waals surface area (Å²) in [4.78, 5) is 22.4. The van der Waals surface area contributed by atoms with E-state index in [2.05, 4.69) is 10.1 Å². The summed E-state index contributed by atoms with van der Waals surface area (Å²) < 4.78 is 4.49. The maximum absolute atomic E-state index is 11.5. The predicted molar refractivity (Wildman–Crippen MR) is 79.8 cm³/mol. The molecule has 1 amide bonds. The molecular formula is C14H15Cl2NO3. The molecule has 0 aliphatic rings. The van der Waals surface area contributed by atoms with Crippen LogP contribution in [0.5, 0.6) is 0 Å². The van der Waals surface area contributed by atoms with Gasteiger partial charge in [-0.1, -0.05) is 23.2 Å². The number of nitrogens with one attached hydrogen (secondary N) is 1. The normalized spacial score (nSPS) is 10.6. The van der Waals surface area contributed by atoms with E-state index in [9.17, 15) is 9.59 Å². The fourth-order valence-corrected chi connectivity index (χ4v) is 1.77. The van der Waals surface area contributed by atoms with Crippen molar-refractivity contribution in [3.8, 4) is 0 Å². The Bertz CT molecular complexity index is 515. The Morgan fingerprint density at radius 1 is 1.35 bits per heavy atom. The summed E-state index contributed by atoms with van der Waals surface area (Å²) in [6, 6.07) is 5.01. The van der Waals surface area contributed by atoms with Crippen LogP contribution < -0.4 is 5.32 Å². The zero-order valence-electron chi connectivity index (χ0n) is 11.0. The Kier molecular flexibility index (Phi) is 7.12. The molecule has 0 atom stereocenters. The lowest BCUT2D eigenvalue weighted by Gasteiger charge is -2.02. The molecule has 0 spiro atoms. The Morgan fingerprint density at radius 3 is 2.80 bits per heavy atom. The summed E-state index contributed by atoms with van der Waals surface area (Å²) in [5.74, 6) is -0.550. The molecule has 0 radical (unpaired) electrons. The predicted octanol–water partition coefficient (Wildman–Crippen LogP) is 3.08. The summed E-state index contributed by atoms with van der Waals surface area (Å²) in [6.45, 7) is 0.404. The number of halogens is 2. The summed E-state index contributed by atoms with van der Waals surface area (Å²) in [7, 11) is 1.33. The second-order valence-corrected chi connectivity index (χ2v) is 4.81. The smallest absolute Gasteiger partial charge is 0.305 e. The van der Waals surface area contributed by atoms with Gasteiger partial charge in [0.05, 0.1) is 7.11 Å². The van der Waals surface area contributed by atoms with Crippen LogP contribution in [0.2, 0.25) is 10.0 Å². The van der Waals surface area contributed by atoms with E-state index in [0.717, 1.165) is 0 Å². The molecule has 0 heterocycles. The van der Waals surface area contributed by atoms with Gasteiger partial charge in [-0.15, -0.1) is 0 Å². The number of carbonyl (C=O) groups excluding carboxylic acids is 2. The minimum absolute atomic E-state index is 0.258. The van der Waals surface area contributed by atoms with E-state index in [-0.39, 0.29) is 18.3 Å². The molecule has 6 heteroatoms. The molecule has 1 N–H and O–H groups in total. The minimum atomic E-state index is -0.291. The van der Waals surface area contributed by atoms with Gasteiger partial charge >= 0.3 is 5.97 Å². The van der Waals surface area contributed by atoms with E-state index in [1.165, 1.54) is 13.2 Å². The first-order chi connectivity index (χ1) is 9.52. The molecule has 4 nitrogen and oxygen atoms in total. The van der Waals surface area contributed by atoms with Crippen LogP contribution in [-0.2, 0) is 14.3 Å². The van der Waals surface area contributed by atoms with Crippen LogP contribution in [-0.4, -0.2) is 25.5 Å². The first kappa shape index (κ1) is 16.5. The van der Waals surface area contributed by atoms with Crippen LogP contribution in [0.15, 0.2) is 24.3 Å². The topological polar surface area (TPSA) is 55.4 Å². The summed E-state index contributed by atoms with van der Waals surface area (Å²) in [5.41, 5.74) is 0.670. The number of ether oxygens (including phenoxy) is 1. The Hall–Kier alpha value is -1.52. The number of hydrogen-bond donors (Lipinski definition) is 1. The van der Waals surface area contributed by atoms with Gasteiger partial charge in [-0.2, -0.15) is 0 Å². The Balaban J connectivity index is 2.40. The quantitative estimate of drug-likeness (QED) is 0.498. The Labute approximate surface area is 127 Å². The van der Waals surface area contributed by atoms with Crippen molar-refractivity contribution in [3.63, 3.8) is 0 Å². The molecule has 0 bridgehead atoms. The molecule has 0 saturated heterocycles. The second kappa shape index (κ2) is 8.61. The molecule has 1 aromatic rings. The van der Waals surface area contributed by atoms with Gasteiger partial charge in [0.2, 0.25) is 5.91 Å². The zero-order chi connectivity index (χ0) is 15.0. The fraction of sp³-hybridized carbons (Fsp3) is 0.286. The van der Waals surface area contributed by atoms with Crippen LogP contribution in [0, 0.1) is 0 Å². The lowest BCUT2D eigenvalue weighted by Crippen LogP contribution is -2.22. The van der Waals surface area contributed by atoms with Crippen LogP contribution in [0.25, 0.3) is 6.08 Å². The number of carbonyl (C=O) groups is 2. The van der Waals surface area contributed by atoms with Gasteiger partial charge in [0.25, 0.3) is 0 Å². The van der Waals surface area contributed by atoms with Gasteiger partial charge in [-0.05, 0) is 36.3 Å². The van der Waals surface area contributed by atoms with Gasteiger partial charge in [-0.25, -0.2) is 0 Å². The van der Waals surface area contributed by atoms with Crippen molar-refractivity contribution in [3.05, 3.63) is 39.9 Å². The number of methoxy groups -OCH3 is 1. The molecule has 0 fully saturated rings. The maximum Gasteiger partial charge on any atom is 0.305 e. The standard InChI is InChI=1S/C14H15Cl2NO3/c1-20-14(19)3-2-8-17-13(18)7-4-10-9-11(15)5-6-12(10)16/h4-7,9H,2-3,8H2,1H3,(H,17,18)/b7-4+. The molecule has 1 rings (SSSR count). The molecule has 0 saturated carbocycles. The molecule has 108 valence electrons. The summed E-state index contributed by atoms with van der Waals surface area (Å²) in [6.07, 6.45) is 3.77. The molecular weight excluding hydrogens is 301 g/mol. The SMILES string of the molecule is COC(=O)CCCNC(=O)/C=C/c1cc(Cl)ccc1Cl. The summed E-state index contributed by atoms with van der Waals surface area (Å²) in [5, 5.41) is 3.72. The van der Waals surface area contributed by atoms with E-state index in [1.54, 1.807) is 24.3 Å². The van der Waals surface area contributed by atoms with E-state index in [0.29, 0.717) is 28.6 Å². The second-order valence-electron chi connectivity index (χ2n) is 3.97. The number of esters is 1. The third kappa shape index (κ3) is 6.08. The number of rotatable bonds is 6. The van der Waals surface area contributed by atoms with Gasteiger partial charge in [0.15, 0.2) is 0 Å². The largest absolute Gasteiger partial charge is 0.469 e. The van der Waals surface area contributed by atoms with Gasteiger partial charge in [-0.3, -0.25) is 9.59 Å². The Morgan fingerprint density at radius 2 is 2.10 bits per heavy atom. The average Bonchev–Trinajstić information content (AvgIpc) is 2.44. The summed E-state index contributed by atoms with van der Waals surface area (Å²) >= 11 is 11.8. The van der Waals surface area contributed by atoms with E-state index in [1.807, 2.05) is 0 Å².